The van der Waals surface area contributed by atoms with E-state index in [-0.39, 0.29) is 18.3 Å². The van der Waals surface area contributed by atoms with Gasteiger partial charge in [0.1, 0.15) is 0 Å². The van der Waals surface area contributed by atoms with E-state index in [4.69, 9.17) is 0 Å². The molecule has 0 saturated carbocycles. The number of carbonyl (C=O) groups excluding carboxylic acids is 1. The van der Waals surface area contributed by atoms with Crippen LogP contribution in [0.25, 0.3) is 0 Å². The first-order valence-corrected chi connectivity index (χ1v) is 8.15. The fourth-order valence-corrected chi connectivity index (χ4v) is 4.39. The maximum absolute atomic E-state index is 12.7. The summed E-state index contributed by atoms with van der Waals surface area (Å²) in [5, 5.41) is 5.44. The fourth-order valence-electron chi connectivity index (χ4n) is 3.15. The average molecular weight is 315 g/mol. The number of piperazine rings is 1. The van der Waals surface area contributed by atoms with Gasteiger partial charge in [0.15, 0.2) is 0 Å². The summed E-state index contributed by atoms with van der Waals surface area (Å²) in [6.45, 7) is 7.10. The minimum Gasteiger partial charge on any atom is -0.333 e. The quantitative estimate of drug-likeness (QED) is 0.864. The number of amides is 1. The lowest BCUT2D eigenvalue weighted by atomic mass is 9.88. The zero-order chi connectivity index (χ0) is 13.4. The molecule has 0 aromatic carbocycles. The van der Waals surface area contributed by atoms with Gasteiger partial charge in [-0.2, -0.15) is 0 Å². The fraction of sp³-hybridized carbons (Fsp3) is 0.667. The Morgan fingerprint density at radius 2 is 2.25 bits per heavy atom. The maximum atomic E-state index is 12.7. The summed E-state index contributed by atoms with van der Waals surface area (Å²) in [6, 6.07) is 0.305. The molecule has 1 aromatic rings. The van der Waals surface area contributed by atoms with Crippen molar-refractivity contribution in [2.75, 3.05) is 19.6 Å². The van der Waals surface area contributed by atoms with Gasteiger partial charge in [-0.25, -0.2) is 0 Å². The van der Waals surface area contributed by atoms with E-state index in [9.17, 15) is 4.79 Å². The molecule has 112 valence electrons. The molecular weight excluding hydrogens is 292 g/mol. The Morgan fingerprint density at radius 1 is 1.45 bits per heavy atom. The molecule has 3 rings (SSSR count). The molecular formula is C15H23ClN2OS. The molecule has 1 amide bonds. The summed E-state index contributed by atoms with van der Waals surface area (Å²) in [4.78, 5) is 16.2. The van der Waals surface area contributed by atoms with Crippen LogP contribution in [-0.2, 0) is 12.8 Å². The highest BCUT2D eigenvalue weighted by Crippen LogP contribution is 2.33. The SMILES string of the molecule is CC1CCc2c(C(=O)N3CCNC[C@@H]3C)csc2C1.Cl. The van der Waals surface area contributed by atoms with Crippen LogP contribution in [0.15, 0.2) is 5.38 Å². The Morgan fingerprint density at radius 3 is 3.00 bits per heavy atom. The van der Waals surface area contributed by atoms with Crippen molar-refractivity contribution in [3.05, 3.63) is 21.4 Å². The largest absolute Gasteiger partial charge is 0.333 e. The van der Waals surface area contributed by atoms with Crippen LogP contribution in [0.1, 0.15) is 41.1 Å². The van der Waals surface area contributed by atoms with Gasteiger partial charge in [-0.3, -0.25) is 4.79 Å². The van der Waals surface area contributed by atoms with Crippen molar-refractivity contribution in [2.24, 2.45) is 5.92 Å². The van der Waals surface area contributed by atoms with Crippen LogP contribution in [-0.4, -0.2) is 36.5 Å². The summed E-state index contributed by atoms with van der Waals surface area (Å²) in [5.41, 5.74) is 2.33. The molecule has 2 heterocycles. The lowest BCUT2D eigenvalue weighted by Crippen LogP contribution is -2.52. The Hall–Kier alpha value is -0.580. The van der Waals surface area contributed by atoms with Crippen molar-refractivity contribution in [3.8, 4) is 0 Å². The third kappa shape index (κ3) is 2.87. The molecule has 0 radical (unpaired) electrons. The van der Waals surface area contributed by atoms with E-state index in [0.717, 1.165) is 44.0 Å². The predicted molar refractivity (Wildman–Crippen MR) is 86.1 cm³/mol. The molecule has 1 unspecified atom stereocenters. The van der Waals surface area contributed by atoms with Crippen molar-refractivity contribution in [2.45, 2.75) is 39.2 Å². The second-order valence-electron chi connectivity index (χ2n) is 5.95. The van der Waals surface area contributed by atoms with E-state index in [1.807, 2.05) is 4.90 Å². The average Bonchev–Trinajstić information content (AvgIpc) is 2.81. The second kappa shape index (κ2) is 6.46. The first-order chi connectivity index (χ1) is 9.16. The van der Waals surface area contributed by atoms with Crippen molar-refractivity contribution in [3.63, 3.8) is 0 Å². The Bertz CT molecular complexity index is 488. The Labute approximate surface area is 131 Å². The minimum absolute atomic E-state index is 0. The minimum atomic E-state index is 0. The Kier molecular flexibility index (Phi) is 5.10. The summed E-state index contributed by atoms with van der Waals surface area (Å²) >= 11 is 1.79. The molecule has 20 heavy (non-hydrogen) atoms. The molecule has 1 aromatic heterocycles. The van der Waals surface area contributed by atoms with Crippen molar-refractivity contribution >= 4 is 29.7 Å². The number of carbonyl (C=O) groups is 1. The summed E-state index contributed by atoms with van der Waals surface area (Å²) in [5.74, 6) is 1.02. The van der Waals surface area contributed by atoms with E-state index in [1.165, 1.54) is 16.9 Å². The first kappa shape index (κ1) is 15.8. The number of thiophene rings is 1. The van der Waals surface area contributed by atoms with Crippen LogP contribution in [0.3, 0.4) is 0 Å². The first-order valence-electron chi connectivity index (χ1n) is 7.27. The van der Waals surface area contributed by atoms with Gasteiger partial charge >= 0.3 is 0 Å². The number of rotatable bonds is 1. The number of hydrogen-bond donors (Lipinski definition) is 1. The van der Waals surface area contributed by atoms with Gasteiger partial charge in [0.05, 0.1) is 5.56 Å². The van der Waals surface area contributed by atoms with Crippen LogP contribution < -0.4 is 5.32 Å². The van der Waals surface area contributed by atoms with E-state index in [2.05, 4.69) is 24.5 Å². The van der Waals surface area contributed by atoms with E-state index in [1.54, 1.807) is 11.3 Å². The van der Waals surface area contributed by atoms with E-state index < -0.39 is 0 Å². The van der Waals surface area contributed by atoms with Gasteiger partial charge in [-0.15, -0.1) is 23.7 Å². The van der Waals surface area contributed by atoms with Crippen LogP contribution in [0.5, 0.6) is 0 Å². The van der Waals surface area contributed by atoms with Crippen molar-refractivity contribution in [1.29, 1.82) is 0 Å². The van der Waals surface area contributed by atoms with Crippen LogP contribution in [0, 0.1) is 5.92 Å². The zero-order valence-corrected chi connectivity index (χ0v) is 13.8. The maximum Gasteiger partial charge on any atom is 0.255 e. The van der Waals surface area contributed by atoms with Crippen molar-refractivity contribution in [1.82, 2.24) is 10.2 Å². The highest BCUT2D eigenvalue weighted by atomic mass is 35.5. The highest BCUT2D eigenvalue weighted by molar-refractivity contribution is 7.10. The lowest BCUT2D eigenvalue weighted by molar-refractivity contribution is 0.0655. The molecule has 0 bridgehead atoms. The molecule has 1 aliphatic heterocycles. The van der Waals surface area contributed by atoms with Crippen LogP contribution in [0.4, 0.5) is 0 Å². The summed E-state index contributed by atoms with van der Waals surface area (Å²) in [6.07, 6.45) is 3.47. The summed E-state index contributed by atoms with van der Waals surface area (Å²) < 4.78 is 0. The van der Waals surface area contributed by atoms with Crippen molar-refractivity contribution < 1.29 is 4.79 Å². The molecule has 1 saturated heterocycles. The van der Waals surface area contributed by atoms with Gasteiger partial charge < -0.3 is 10.2 Å². The zero-order valence-electron chi connectivity index (χ0n) is 12.1. The standard InChI is InChI=1S/C15H22N2OS.ClH/c1-10-3-4-12-13(9-19-14(12)7-10)15(18)17-6-5-16-8-11(17)2;/h9-11,16H,3-8H2,1-2H3;1H/t10?,11-;/m0./s1. The molecule has 1 N–H and O–H groups in total. The number of nitrogens with zero attached hydrogens (tertiary/aromatic N) is 1. The highest BCUT2D eigenvalue weighted by Gasteiger charge is 2.29. The molecule has 5 heteroatoms. The Balaban J connectivity index is 0.00000147. The third-order valence-electron chi connectivity index (χ3n) is 4.39. The summed E-state index contributed by atoms with van der Waals surface area (Å²) in [7, 11) is 0. The molecule has 3 nitrogen and oxygen atoms in total. The van der Waals surface area contributed by atoms with Crippen LogP contribution >= 0.6 is 23.7 Å². The van der Waals surface area contributed by atoms with Gasteiger partial charge in [-0.1, -0.05) is 6.92 Å². The molecule has 1 fully saturated rings. The predicted octanol–water partition coefficient (Wildman–Crippen LogP) is 2.73. The smallest absolute Gasteiger partial charge is 0.255 e. The molecule has 1 aliphatic carbocycles. The van der Waals surface area contributed by atoms with E-state index in [0.29, 0.717) is 6.04 Å². The normalized spacial score (nSPS) is 25.8. The van der Waals surface area contributed by atoms with Gasteiger partial charge in [-0.05, 0) is 37.7 Å². The van der Waals surface area contributed by atoms with Crippen LogP contribution in [0.2, 0.25) is 0 Å². The van der Waals surface area contributed by atoms with E-state index >= 15 is 0 Å². The number of halogens is 1. The van der Waals surface area contributed by atoms with Gasteiger partial charge in [0, 0.05) is 35.9 Å². The van der Waals surface area contributed by atoms with Gasteiger partial charge in [0.2, 0.25) is 0 Å². The molecule has 0 spiro atoms. The second-order valence-corrected chi connectivity index (χ2v) is 6.91. The topological polar surface area (TPSA) is 32.3 Å². The van der Waals surface area contributed by atoms with Gasteiger partial charge in [0.25, 0.3) is 5.91 Å². The molecule has 2 aliphatic rings. The number of hydrogen-bond acceptors (Lipinski definition) is 3. The lowest BCUT2D eigenvalue weighted by Gasteiger charge is -2.34. The number of fused-ring (bicyclic) bond motifs is 1. The number of nitrogens with one attached hydrogen (secondary N) is 1. The third-order valence-corrected chi connectivity index (χ3v) is 5.45. The monoisotopic (exact) mass is 314 g/mol. The molecule has 2 atom stereocenters.